The van der Waals surface area contributed by atoms with Crippen molar-refractivity contribution >= 4 is 5.95 Å². The molecule has 0 aliphatic heterocycles. The van der Waals surface area contributed by atoms with Crippen molar-refractivity contribution in [1.29, 1.82) is 0 Å². The third kappa shape index (κ3) is 3.71. The van der Waals surface area contributed by atoms with E-state index in [9.17, 15) is 0 Å². The van der Waals surface area contributed by atoms with Crippen LogP contribution in [-0.4, -0.2) is 16.1 Å². The van der Waals surface area contributed by atoms with E-state index >= 15 is 0 Å². The van der Waals surface area contributed by atoms with Crippen LogP contribution in [-0.2, 0) is 6.42 Å². The SMILES string of the molecule is C=CCNc1nccn1C(C)CCc1ccccc1. The molecule has 0 aliphatic carbocycles. The molecule has 0 saturated heterocycles. The molecule has 1 heterocycles. The third-order valence-electron chi connectivity index (χ3n) is 3.24. The molecule has 19 heavy (non-hydrogen) atoms. The number of benzene rings is 1. The van der Waals surface area contributed by atoms with Crippen LogP contribution in [0.3, 0.4) is 0 Å². The average molecular weight is 255 g/mol. The highest BCUT2D eigenvalue weighted by Gasteiger charge is 2.09. The molecule has 1 atom stereocenters. The maximum atomic E-state index is 4.33. The van der Waals surface area contributed by atoms with E-state index in [1.807, 2.05) is 18.5 Å². The Morgan fingerprint density at radius 3 is 2.89 bits per heavy atom. The molecule has 3 nitrogen and oxygen atoms in total. The topological polar surface area (TPSA) is 29.9 Å². The molecule has 0 radical (unpaired) electrons. The van der Waals surface area contributed by atoms with Gasteiger partial charge in [-0.05, 0) is 25.3 Å². The van der Waals surface area contributed by atoms with Gasteiger partial charge in [-0.25, -0.2) is 4.98 Å². The number of hydrogen-bond donors (Lipinski definition) is 1. The zero-order valence-electron chi connectivity index (χ0n) is 11.4. The first-order valence-electron chi connectivity index (χ1n) is 6.73. The van der Waals surface area contributed by atoms with Crippen LogP contribution in [0.25, 0.3) is 0 Å². The van der Waals surface area contributed by atoms with Crippen molar-refractivity contribution in [1.82, 2.24) is 9.55 Å². The van der Waals surface area contributed by atoms with Crippen molar-refractivity contribution in [3.63, 3.8) is 0 Å². The highest BCUT2D eigenvalue weighted by atomic mass is 15.2. The molecule has 2 aromatic rings. The summed E-state index contributed by atoms with van der Waals surface area (Å²) in [7, 11) is 0. The lowest BCUT2D eigenvalue weighted by molar-refractivity contribution is 0.511. The number of nitrogens with zero attached hydrogens (tertiary/aromatic N) is 2. The molecule has 1 N–H and O–H groups in total. The minimum absolute atomic E-state index is 0.426. The van der Waals surface area contributed by atoms with Gasteiger partial charge in [0.25, 0.3) is 0 Å². The van der Waals surface area contributed by atoms with Gasteiger partial charge in [0.05, 0.1) is 0 Å². The van der Waals surface area contributed by atoms with Gasteiger partial charge in [0.1, 0.15) is 0 Å². The lowest BCUT2D eigenvalue weighted by Gasteiger charge is -2.16. The Morgan fingerprint density at radius 1 is 1.37 bits per heavy atom. The molecule has 1 aromatic carbocycles. The lowest BCUT2D eigenvalue weighted by Crippen LogP contribution is -2.11. The molecule has 0 amide bonds. The Balaban J connectivity index is 1.94. The number of nitrogens with one attached hydrogen (secondary N) is 1. The predicted molar refractivity (Wildman–Crippen MR) is 80.4 cm³/mol. The quantitative estimate of drug-likeness (QED) is 0.765. The predicted octanol–water partition coefficient (Wildman–Crippen LogP) is 3.67. The number of aromatic nitrogens is 2. The van der Waals surface area contributed by atoms with E-state index in [0.29, 0.717) is 6.04 Å². The molecule has 0 aliphatic rings. The van der Waals surface area contributed by atoms with Crippen LogP contribution in [0.2, 0.25) is 0 Å². The maximum Gasteiger partial charge on any atom is 0.203 e. The molecule has 0 fully saturated rings. The summed E-state index contributed by atoms with van der Waals surface area (Å²) < 4.78 is 2.19. The summed E-state index contributed by atoms with van der Waals surface area (Å²) in [6, 6.07) is 11.0. The van der Waals surface area contributed by atoms with Gasteiger partial charge in [-0.15, -0.1) is 6.58 Å². The molecule has 3 heteroatoms. The summed E-state index contributed by atoms with van der Waals surface area (Å²) in [5.41, 5.74) is 1.38. The van der Waals surface area contributed by atoms with Crippen molar-refractivity contribution in [3.05, 3.63) is 60.9 Å². The Morgan fingerprint density at radius 2 is 2.16 bits per heavy atom. The van der Waals surface area contributed by atoms with Crippen molar-refractivity contribution < 1.29 is 0 Å². The smallest absolute Gasteiger partial charge is 0.203 e. The fourth-order valence-electron chi connectivity index (χ4n) is 2.13. The summed E-state index contributed by atoms with van der Waals surface area (Å²) in [6.45, 7) is 6.68. The minimum Gasteiger partial charge on any atom is -0.352 e. The summed E-state index contributed by atoms with van der Waals surface area (Å²) in [5.74, 6) is 0.917. The average Bonchev–Trinajstić information content (AvgIpc) is 2.92. The van der Waals surface area contributed by atoms with E-state index in [-0.39, 0.29) is 0 Å². The number of anilines is 1. The first-order chi connectivity index (χ1) is 9.31. The summed E-state index contributed by atoms with van der Waals surface area (Å²) in [5, 5.41) is 3.26. The van der Waals surface area contributed by atoms with E-state index in [1.54, 1.807) is 0 Å². The number of imidazole rings is 1. The highest BCUT2D eigenvalue weighted by Crippen LogP contribution is 2.18. The van der Waals surface area contributed by atoms with Gasteiger partial charge in [0.15, 0.2) is 0 Å². The van der Waals surface area contributed by atoms with Crippen LogP contribution in [0.1, 0.15) is 24.9 Å². The lowest BCUT2D eigenvalue weighted by atomic mass is 10.1. The van der Waals surface area contributed by atoms with Crippen molar-refractivity contribution in [3.8, 4) is 0 Å². The fourth-order valence-corrected chi connectivity index (χ4v) is 2.13. The van der Waals surface area contributed by atoms with Crippen LogP contribution in [0.4, 0.5) is 5.95 Å². The third-order valence-corrected chi connectivity index (χ3v) is 3.24. The van der Waals surface area contributed by atoms with E-state index in [0.717, 1.165) is 25.3 Å². The van der Waals surface area contributed by atoms with Crippen molar-refractivity contribution in [2.75, 3.05) is 11.9 Å². The Hall–Kier alpha value is -2.03. The molecule has 0 bridgehead atoms. The Labute approximate surface area is 115 Å². The van der Waals surface area contributed by atoms with Gasteiger partial charge < -0.3 is 9.88 Å². The van der Waals surface area contributed by atoms with E-state index in [4.69, 9.17) is 0 Å². The fraction of sp³-hybridized carbons (Fsp3) is 0.312. The van der Waals surface area contributed by atoms with Gasteiger partial charge in [0, 0.05) is 25.0 Å². The first kappa shape index (κ1) is 13.4. The monoisotopic (exact) mass is 255 g/mol. The van der Waals surface area contributed by atoms with Crippen LogP contribution < -0.4 is 5.32 Å². The minimum atomic E-state index is 0.426. The molecule has 100 valence electrons. The van der Waals surface area contributed by atoms with Crippen LogP contribution in [0.15, 0.2) is 55.4 Å². The zero-order valence-corrected chi connectivity index (χ0v) is 11.4. The number of hydrogen-bond acceptors (Lipinski definition) is 2. The van der Waals surface area contributed by atoms with E-state index in [2.05, 4.69) is 58.7 Å². The number of rotatable bonds is 7. The first-order valence-corrected chi connectivity index (χ1v) is 6.73. The zero-order chi connectivity index (χ0) is 13.5. The Kier molecular flexibility index (Phi) is 4.78. The summed E-state index contributed by atoms with van der Waals surface area (Å²) >= 11 is 0. The summed E-state index contributed by atoms with van der Waals surface area (Å²) in [4.78, 5) is 4.33. The summed E-state index contributed by atoms with van der Waals surface area (Å²) in [6.07, 6.45) is 7.89. The highest BCUT2D eigenvalue weighted by molar-refractivity contribution is 5.27. The second kappa shape index (κ2) is 6.78. The van der Waals surface area contributed by atoms with Crippen molar-refractivity contribution in [2.24, 2.45) is 0 Å². The second-order valence-electron chi connectivity index (χ2n) is 4.70. The normalized spacial score (nSPS) is 12.1. The molecule has 0 saturated carbocycles. The maximum absolute atomic E-state index is 4.33. The molecular formula is C16H21N3. The van der Waals surface area contributed by atoms with Gasteiger partial charge in [0.2, 0.25) is 5.95 Å². The van der Waals surface area contributed by atoms with Crippen LogP contribution >= 0.6 is 0 Å². The van der Waals surface area contributed by atoms with Crippen molar-refractivity contribution in [2.45, 2.75) is 25.8 Å². The van der Waals surface area contributed by atoms with Gasteiger partial charge in [-0.1, -0.05) is 36.4 Å². The van der Waals surface area contributed by atoms with Gasteiger partial charge in [-0.2, -0.15) is 0 Å². The molecule has 1 aromatic heterocycles. The molecule has 2 rings (SSSR count). The molecular weight excluding hydrogens is 234 g/mol. The van der Waals surface area contributed by atoms with Gasteiger partial charge >= 0.3 is 0 Å². The van der Waals surface area contributed by atoms with E-state index < -0.39 is 0 Å². The molecule has 0 spiro atoms. The second-order valence-corrected chi connectivity index (χ2v) is 4.70. The largest absolute Gasteiger partial charge is 0.352 e. The Bertz CT molecular complexity index is 502. The van der Waals surface area contributed by atoms with Gasteiger partial charge in [-0.3, -0.25) is 0 Å². The number of aryl methyl sites for hydroxylation is 1. The molecule has 1 unspecified atom stereocenters. The van der Waals surface area contributed by atoms with Crippen LogP contribution in [0.5, 0.6) is 0 Å². The van der Waals surface area contributed by atoms with Crippen LogP contribution in [0, 0.1) is 0 Å². The van der Waals surface area contributed by atoms with E-state index in [1.165, 1.54) is 5.56 Å². The standard InChI is InChI=1S/C16H21N3/c1-3-11-17-16-18-12-13-19(16)14(2)9-10-15-7-5-4-6-8-15/h3-8,12-14H,1,9-11H2,2H3,(H,17,18).